The van der Waals surface area contributed by atoms with E-state index in [2.05, 4.69) is 4.98 Å². The van der Waals surface area contributed by atoms with Crippen LogP contribution in [0.3, 0.4) is 0 Å². The minimum absolute atomic E-state index is 0.0329. The SMILES string of the molecule is COc1ccc(-c2ccnc(C(C)=O)c2)cc1CN(C(=O)c1sc2c(F)ccc(F)c2c1Cl)C1CCCCC1. The number of carbonyl (C=O) groups excluding carboxylic acids is 2. The largest absolute Gasteiger partial charge is 0.496 e. The number of methoxy groups -OCH3 is 1. The molecule has 0 bridgehead atoms. The third-order valence-corrected chi connectivity index (χ3v) is 8.90. The van der Waals surface area contributed by atoms with E-state index in [9.17, 15) is 18.4 Å². The van der Waals surface area contributed by atoms with Gasteiger partial charge in [-0.05, 0) is 60.4 Å². The maximum absolute atomic E-state index is 14.6. The predicted molar refractivity (Wildman–Crippen MR) is 150 cm³/mol. The van der Waals surface area contributed by atoms with Crippen LogP contribution < -0.4 is 4.74 Å². The molecule has 1 saturated carbocycles. The maximum Gasteiger partial charge on any atom is 0.266 e. The molecule has 0 spiro atoms. The molecule has 0 aliphatic heterocycles. The zero-order chi connectivity index (χ0) is 27.7. The van der Waals surface area contributed by atoms with Gasteiger partial charge < -0.3 is 9.64 Å². The molecule has 5 nitrogen and oxygen atoms in total. The molecule has 0 radical (unpaired) electrons. The average Bonchev–Trinajstić information content (AvgIpc) is 3.32. The van der Waals surface area contributed by atoms with Gasteiger partial charge in [-0.2, -0.15) is 0 Å². The Morgan fingerprint density at radius 2 is 1.77 bits per heavy atom. The summed E-state index contributed by atoms with van der Waals surface area (Å²) in [6.45, 7) is 1.69. The summed E-state index contributed by atoms with van der Waals surface area (Å²) < 4.78 is 34.8. The fourth-order valence-electron chi connectivity index (χ4n) is 5.19. The molecule has 2 aromatic heterocycles. The van der Waals surface area contributed by atoms with Crippen LogP contribution in [0.4, 0.5) is 8.78 Å². The van der Waals surface area contributed by atoms with E-state index in [1.165, 1.54) is 6.92 Å². The van der Waals surface area contributed by atoms with Gasteiger partial charge >= 0.3 is 0 Å². The zero-order valence-corrected chi connectivity index (χ0v) is 23.2. The van der Waals surface area contributed by atoms with Crippen molar-refractivity contribution in [2.24, 2.45) is 0 Å². The molecule has 4 aromatic rings. The standard InChI is InChI=1S/C30H27ClF2N2O3S/c1-17(36)24-15-19(12-13-34-24)18-8-11-25(38-2)20(14-18)16-35(21-6-4-3-5-7-21)30(37)29-27(31)26-22(32)9-10-23(33)28(26)39-29/h8-15,21H,3-7,16H2,1-2H3. The van der Waals surface area contributed by atoms with E-state index in [1.54, 1.807) is 24.3 Å². The lowest BCUT2D eigenvalue weighted by Gasteiger charge is -2.34. The Morgan fingerprint density at radius 1 is 1.05 bits per heavy atom. The molecule has 9 heteroatoms. The van der Waals surface area contributed by atoms with Crippen LogP contribution in [0, 0.1) is 11.6 Å². The van der Waals surface area contributed by atoms with Crippen LogP contribution in [0.5, 0.6) is 5.75 Å². The van der Waals surface area contributed by atoms with Gasteiger partial charge in [-0.25, -0.2) is 8.78 Å². The number of hydrogen-bond acceptors (Lipinski definition) is 5. The van der Waals surface area contributed by atoms with Crippen LogP contribution in [0.2, 0.25) is 5.02 Å². The van der Waals surface area contributed by atoms with E-state index < -0.39 is 11.6 Å². The van der Waals surface area contributed by atoms with Crippen LogP contribution in [0.15, 0.2) is 48.7 Å². The smallest absolute Gasteiger partial charge is 0.266 e. The number of ether oxygens (including phenoxy) is 1. The summed E-state index contributed by atoms with van der Waals surface area (Å²) >= 11 is 7.40. The van der Waals surface area contributed by atoms with E-state index in [0.717, 1.165) is 72.3 Å². The number of amides is 1. The molecule has 0 N–H and O–H groups in total. The molecule has 1 fully saturated rings. The number of Topliss-reactive ketones (excluding diaryl/α,β-unsaturated/α-hetero) is 1. The Morgan fingerprint density at radius 3 is 2.46 bits per heavy atom. The summed E-state index contributed by atoms with van der Waals surface area (Å²) in [5, 5.41) is -0.126. The Labute approximate surface area is 234 Å². The van der Waals surface area contributed by atoms with Crippen LogP contribution in [0.1, 0.15) is 64.8 Å². The first kappa shape index (κ1) is 27.2. The van der Waals surface area contributed by atoms with Gasteiger partial charge in [0, 0.05) is 31.3 Å². The first-order valence-corrected chi connectivity index (χ1v) is 14.0. The molecule has 5 rings (SSSR count). The van der Waals surface area contributed by atoms with Crippen molar-refractivity contribution in [2.45, 2.75) is 51.6 Å². The average molecular weight is 569 g/mol. The molecular formula is C30H27ClF2N2O3S. The first-order chi connectivity index (χ1) is 18.8. The fourth-order valence-corrected chi connectivity index (χ4v) is 6.70. The van der Waals surface area contributed by atoms with Crippen molar-refractivity contribution in [1.29, 1.82) is 0 Å². The second kappa shape index (κ2) is 11.4. The van der Waals surface area contributed by atoms with E-state index >= 15 is 0 Å². The van der Waals surface area contributed by atoms with Gasteiger partial charge in [-0.15, -0.1) is 11.3 Å². The van der Waals surface area contributed by atoms with Crippen LogP contribution >= 0.6 is 22.9 Å². The quantitative estimate of drug-likeness (QED) is 0.211. The Balaban J connectivity index is 1.57. The highest BCUT2D eigenvalue weighted by Crippen LogP contribution is 2.40. The Kier molecular flexibility index (Phi) is 7.96. The first-order valence-electron chi connectivity index (χ1n) is 12.8. The topological polar surface area (TPSA) is 59.5 Å². The maximum atomic E-state index is 14.6. The molecular weight excluding hydrogens is 542 g/mol. The molecule has 39 heavy (non-hydrogen) atoms. The number of aromatic nitrogens is 1. The highest BCUT2D eigenvalue weighted by molar-refractivity contribution is 7.21. The number of thiophene rings is 1. The number of hydrogen-bond donors (Lipinski definition) is 0. The second-order valence-electron chi connectivity index (χ2n) is 9.72. The normalized spacial score (nSPS) is 14.0. The Hall–Kier alpha value is -3.36. The van der Waals surface area contributed by atoms with Gasteiger partial charge in [0.2, 0.25) is 0 Å². The van der Waals surface area contributed by atoms with Crippen molar-refractivity contribution in [1.82, 2.24) is 9.88 Å². The van der Waals surface area contributed by atoms with E-state index in [-0.39, 0.29) is 44.3 Å². The highest BCUT2D eigenvalue weighted by Gasteiger charge is 2.31. The van der Waals surface area contributed by atoms with Crippen molar-refractivity contribution < 1.29 is 23.1 Å². The van der Waals surface area contributed by atoms with Crippen molar-refractivity contribution >= 4 is 44.7 Å². The van der Waals surface area contributed by atoms with Gasteiger partial charge in [0.05, 0.1) is 22.2 Å². The lowest BCUT2D eigenvalue weighted by atomic mass is 9.93. The predicted octanol–water partition coefficient (Wildman–Crippen LogP) is 8.08. The number of fused-ring (bicyclic) bond motifs is 1. The number of carbonyl (C=O) groups is 2. The van der Waals surface area contributed by atoms with E-state index in [4.69, 9.17) is 16.3 Å². The van der Waals surface area contributed by atoms with Gasteiger partial charge in [-0.3, -0.25) is 14.6 Å². The van der Waals surface area contributed by atoms with E-state index in [1.807, 2.05) is 24.3 Å². The summed E-state index contributed by atoms with van der Waals surface area (Å²) in [6, 6.07) is 11.2. The zero-order valence-electron chi connectivity index (χ0n) is 21.6. The molecule has 0 unspecified atom stereocenters. The summed E-state index contributed by atoms with van der Waals surface area (Å²) in [5.41, 5.74) is 2.79. The number of pyridine rings is 1. The highest BCUT2D eigenvalue weighted by atomic mass is 35.5. The number of benzene rings is 2. The van der Waals surface area contributed by atoms with Gasteiger partial charge in [0.25, 0.3) is 5.91 Å². The molecule has 2 aromatic carbocycles. The van der Waals surface area contributed by atoms with Crippen molar-refractivity contribution in [3.63, 3.8) is 0 Å². The fraction of sp³-hybridized carbons (Fsp3) is 0.300. The van der Waals surface area contributed by atoms with E-state index in [0.29, 0.717) is 11.4 Å². The number of nitrogens with zero attached hydrogens (tertiary/aromatic N) is 2. The monoisotopic (exact) mass is 568 g/mol. The van der Waals surface area contributed by atoms with Crippen LogP contribution in [-0.2, 0) is 6.54 Å². The number of ketones is 1. The lowest BCUT2D eigenvalue weighted by molar-refractivity contribution is 0.0617. The van der Waals surface area contributed by atoms with Crippen molar-refractivity contribution in [2.75, 3.05) is 7.11 Å². The molecule has 202 valence electrons. The molecule has 1 amide bonds. The third-order valence-electron chi connectivity index (χ3n) is 7.23. The van der Waals surface area contributed by atoms with Gasteiger partial charge in [0.15, 0.2) is 5.78 Å². The molecule has 1 aliphatic carbocycles. The Bertz CT molecular complexity index is 1570. The van der Waals surface area contributed by atoms with Crippen molar-refractivity contribution in [3.05, 3.63) is 81.5 Å². The van der Waals surface area contributed by atoms with Gasteiger partial charge in [-0.1, -0.05) is 36.9 Å². The molecule has 0 saturated heterocycles. The minimum Gasteiger partial charge on any atom is -0.496 e. The lowest BCUT2D eigenvalue weighted by Crippen LogP contribution is -2.40. The summed E-state index contributed by atoms with van der Waals surface area (Å²) in [6.07, 6.45) is 6.31. The van der Waals surface area contributed by atoms with Crippen molar-refractivity contribution in [3.8, 4) is 16.9 Å². The number of rotatable bonds is 7. The number of halogens is 3. The third kappa shape index (κ3) is 5.40. The molecule has 1 aliphatic rings. The minimum atomic E-state index is -0.660. The molecule has 2 heterocycles. The molecule has 0 atom stereocenters. The van der Waals surface area contributed by atoms with Gasteiger partial charge in [0.1, 0.15) is 28.0 Å². The summed E-state index contributed by atoms with van der Waals surface area (Å²) in [4.78, 5) is 32.0. The summed E-state index contributed by atoms with van der Waals surface area (Å²) in [7, 11) is 1.57. The second-order valence-corrected chi connectivity index (χ2v) is 11.1. The summed E-state index contributed by atoms with van der Waals surface area (Å²) in [5.74, 6) is -1.16. The van der Waals surface area contributed by atoms with Crippen LogP contribution in [0.25, 0.3) is 21.2 Å². The van der Waals surface area contributed by atoms with Crippen LogP contribution in [-0.4, -0.2) is 34.7 Å².